The Morgan fingerprint density at radius 1 is 1.35 bits per heavy atom. The molecule has 23 heavy (non-hydrogen) atoms. The van der Waals surface area contributed by atoms with Crippen LogP contribution in [0.3, 0.4) is 0 Å². The average molecular weight is 332 g/mol. The average Bonchev–Trinajstić information content (AvgIpc) is 2.98. The highest BCUT2D eigenvalue weighted by atomic mass is 32.1. The van der Waals surface area contributed by atoms with Crippen molar-refractivity contribution < 1.29 is 9.53 Å². The summed E-state index contributed by atoms with van der Waals surface area (Å²) in [5, 5.41) is 6.02. The van der Waals surface area contributed by atoms with E-state index >= 15 is 0 Å². The summed E-state index contributed by atoms with van der Waals surface area (Å²) in [4.78, 5) is 17.2. The fraction of sp³-hybridized carbons (Fsp3) is 0.444. The van der Waals surface area contributed by atoms with Crippen LogP contribution >= 0.6 is 11.3 Å². The van der Waals surface area contributed by atoms with Gasteiger partial charge >= 0.3 is 0 Å². The number of thiazole rings is 1. The van der Waals surface area contributed by atoms with Crippen molar-refractivity contribution in [1.82, 2.24) is 10.3 Å². The van der Waals surface area contributed by atoms with Gasteiger partial charge in [0.1, 0.15) is 5.01 Å². The van der Waals surface area contributed by atoms with Gasteiger partial charge in [-0.3, -0.25) is 4.79 Å². The molecule has 0 spiro atoms. The third-order valence-corrected chi connectivity index (χ3v) is 4.60. The highest BCUT2D eigenvalue weighted by Gasteiger charge is 2.21. The number of carbonyl (C=O) groups excluding carboxylic acids is 1. The quantitative estimate of drug-likeness (QED) is 0.897. The molecular weight excluding hydrogens is 308 g/mol. The minimum absolute atomic E-state index is 0.0174. The number of nitrogens with zero attached hydrogens (tertiary/aromatic N) is 1. The fourth-order valence-corrected chi connectivity index (χ4v) is 3.24. The van der Waals surface area contributed by atoms with Crippen molar-refractivity contribution in [3.05, 3.63) is 51.5 Å². The Kier molecular flexibility index (Phi) is 5.55. The molecule has 5 heteroatoms. The maximum absolute atomic E-state index is 12.5. The molecule has 0 aliphatic carbocycles. The Morgan fingerprint density at radius 3 is 2.65 bits per heavy atom. The number of hydrogen-bond acceptors (Lipinski definition) is 4. The van der Waals surface area contributed by atoms with Gasteiger partial charge in [-0.1, -0.05) is 39.0 Å². The molecule has 0 fully saturated rings. The number of methoxy groups -OCH3 is 1. The number of ether oxygens (including phenoxy) is 1. The third-order valence-electron chi connectivity index (χ3n) is 3.57. The molecule has 0 bridgehead atoms. The minimum Gasteiger partial charge on any atom is -0.380 e. The van der Waals surface area contributed by atoms with E-state index in [1.807, 2.05) is 31.2 Å². The second-order valence-corrected chi connectivity index (χ2v) is 7.50. The van der Waals surface area contributed by atoms with Crippen molar-refractivity contribution in [2.75, 3.05) is 7.11 Å². The molecule has 2 aromatic rings. The predicted octanol–water partition coefficient (Wildman–Crippen LogP) is 4.08. The molecule has 1 amide bonds. The molecule has 1 aromatic carbocycles. The molecule has 124 valence electrons. The number of rotatable bonds is 5. The van der Waals surface area contributed by atoms with Crippen LogP contribution < -0.4 is 5.32 Å². The van der Waals surface area contributed by atoms with Gasteiger partial charge in [-0.15, -0.1) is 11.3 Å². The van der Waals surface area contributed by atoms with E-state index in [4.69, 9.17) is 4.74 Å². The van der Waals surface area contributed by atoms with Crippen LogP contribution in [0.5, 0.6) is 0 Å². The Bertz CT molecular complexity index is 674. The molecule has 0 unspecified atom stereocenters. The molecule has 4 nitrogen and oxygen atoms in total. The van der Waals surface area contributed by atoms with E-state index < -0.39 is 0 Å². The summed E-state index contributed by atoms with van der Waals surface area (Å²) >= 11 is 1.59. The summed E-state index contributed by atoms with van der Waals surface area (Å²) in [6.07, 6.45) is 0. The second kappa shape index (κ2) is 7.23. The van der Waals surface area contributed by atoms with Crippen LogP contribution in [-0.4, -0.2) is 18.0 Å². The molecule has 1 aromatic heterocycles. The van der Waals surface area contributed by atoms with Gasteiger partial charge in [0.05, 0.1) is 18.3 Å². The van der Waals surface area contributed by atoms with Crippen LogP contribution in [0.25, 0.3) is 0 Å². The number of aromatic nitrogens is 1. The minimum atomic E-state index is -0.126. The predicted molar refractivity (Wildman–Crippen MR) is 93.9 cm³/mol. The first kappa shape index (κ1) is 17.6. The van der Waals surface area contributed by atoms with Crippen molar-refractivity contribution in [2.24, 2.45) is 0 Å². The lowest BCUT2D eigenvalue weighted by Gasteiger charge is -2.16. The zero-order valence-corrected chi connectivity index (χ0v) is 15.2. The molecule has 0 aliphatic heterocycles. The molecular formula is C18H24N2O2S. The third kappa shape index (κ3) is 4.39. The lowest BCUT2D eigenvalue weighted by Crippen LogP contribution is -2.27. The van der Waals surface area contributed by atoms with Gasteiger partial charge in [-0.2, -0.15) is 0 Å². The molecule has 0 aliphatic rings. The number of hydrogen-bond donors (Lipinski definition) is 1. The van der Waals surface area contributed by atoms with E-state index in [1.165, 1.54) is 0 Å². The molecule has 2 rings (SSSR count). The zero-order valence-electron chi connectivity index (χ0n) is 14.3. The van der Waals surface area contributed by atoms with Crippen LogP contribution in [0.15, 0.2) is 29.6 Å². The monoisotopic (exact) mass is 332 g/mol. The lowest BCUT2D eigenvalue weighted by atomic mass is 9.93. The van der Waals surface area contributed by atoms with Crippen molar-refractivity contribution in [1.29, 1.82) is 0 Å². The smallest absolute Gasteiger partial charge is 0.252 e. The number of benzene rings is 1. The Labute approximate surface area is 141 Å². The lowest BCUT2D eigenvalue weighted by molar-refractivity contribution is 0.0935. The number of nitrogens with one attached hydrogen (secondary N) is 1. The number of carbonyl (C=O) groups is 1. The molecule has 0 saturated carbocycles. The number of amides is 1. The fourth-order valence-electron chi connectivity index (χ4n) is 2.19. The highest BCUT2D eigenvalue weighted by Crippen LogP contribution is 2.27. The summed E-state index contributed by atoms with van der Waals surface area (Å²) in [6, 6.07) is 7.37. The van der Waals surface area contributed by atoms with Gasteiger partial charge < -0.3 is 10.1 Å². The van der Waals surface area contributed by atoms with E-state index in [1.54, 1.807) is 18.4 Å². The van der Waals surface area contributed by atoms with E-state index in [0.29, 0.717) is 12.2 Å². The van der Waals surface area contributed by atoms with Crippen molar-refractivity contribution >= 4 is 17.2 Å². The first-order valence-electron chi connectivity index (χ1n) is 7.66. The van der Waals surface area contributed by atoms with Gasteiger partial charge in [0.25, 0.3) is 5.91 Å². The van der Waals surface area contributed by atoms with Crippen LogP contribution in [0.4, 0.5) is 0 Å². The molecule has 0 saturated heterocycles. The molecule has 1 atom stereocenters. The Hall–Kier alpha value is -1.72. The summed E-state index contributed by atoms with van der Waals surface area (Å²) in [5.41, 5.74) is 2.60. The molecule has 0 radical (unpaired) electrons. The van der Waals surface area contributed by atoms with E-state index in [2.05, 4.69) is 36.5 Å². The van der Waals surface area contributed by atoms with E-state index in [0.717, 1.165) is 16.3 Å². The summed E-state index contributed by atoms with van der Waals surface area (Å²) < 4.78 is 5.16. The van der Waals surface area contributed by atoms with Crippen LogP contribution in [0.2, 0.25) is 0 Å². The first-order chi connectivity index (χ1) is 10.8. The normalized spacial score (nSPS) is 12.9. The SMILES string of the molecule is COCc1ccccc1C(=O)N[C@H](C)c1nc(C(C)(C)C)cs1. The van der Waals surface area contributed by atoms with Gasteiger partial charge in [-0.25, -0.2) is 4.98 Å². The van der Waals surface area contributed by atoms with Crippen LogP contribution in [-0.2, 0) is 16.8 Å². The Balaban J connectivity index is 2.12. The first-order valence-corrected chi connectivity index (χ1v) is 8.54. The summed E-state index contributed by atoms with van der Waals surface area (Å²) in [5.74, 6) is -0.0994. The van der Waals surface area contributed by atoms with Crippen molar-refractivity contribution in [3.63, 3.8) is 0 Å². The summed E-state index contributed by atoms with van der Waals surface area (Å²) in [7, 11) is 1.63. The largest absolute Gasteiger partial charge is 0.380 e. The highest BCUT2D eigenvalue weighted by molar-refractivity contribution is 7.09. The van der Waals surface area contributed by atoms with Gasteiger partial charge in [0.15, 0.2) is 0 Å². The maximum Gasteiger partial charge on any atom is 0.252 e. The zero-order chi connectivity index (χ0) is 17.0. The van der Waals surface area contributed by atoms with Gasteiger partial charge in [0.2, 0.25) is 0 Å². The van der Waals surface area contributed by atoms with Crippen LogP contribution in [0, 0.1) is 0 Å². The second-order valence-electron chi connectivity index (χ2n) is 6.61. The maximum atomic E-state index is 12.5. The van der Waals surface area contributed by atoms with Crippen LogP contribution in [0.1, 0.15) is 60.4 Å². The molecule has 1 N–H and O–H groups in total. The van der Waals surface area contributed by atoms with Crippen molar-refractivity contribution in [3.8, 4) is 0 Å². The molecule has 1 heterocycles. The van der Waals surface area contributed by atoms with Crippen molar-refractivity contribution in [2.45, 2.75) is 45.8 Å². The van der Waals surface area contributed by atoms with Gasteiger partial charge in [0, 0.05) is 23.5 Å². The van der Waals surface area contributed by atoms with E-state index in [-0.39, 0.29) is 17.4 Å². The Morgan fingerprint density at radius 2 is 2.04 bits per heavy atom. The topological polar surface area (TPSA) is 51.2 Å². The standard InChI is InChI=1S/C18H24N2O2S/c1-12(17-20-15(11-23-17)18(2,3)4)19-16(21)14-9-7-6-8-13(14)10-22-5/h6-9,11-12H,10H2,1-5H3,(H,19,21)/t12-/m1/s1. The summed E-state index contributed by atoms with van der Waals surface area (Å²) in [6.45, 7) is 8.79. The van der Waals surface area contributed by atoms with Gasteiger partial charge in [-0.05, 0) is 18.6 Å². The van der Waals surface area contributed by atoms with E-state index in [9.17, 15) is 4.79 Å².